The van der Waals surface area contributed by atoms with E-state index in [-0.39, 0.29) is 23.4 Å². The van der Waals surface area contributed by atoms with E-state index >= 15 is 0 Å². The highest BCUT2D eigenvalue weighted by Gasteiger charge is 2.35. The van der Waals surface area contributed by atoms with Crippen LogP contribution in [0.1, 0.15) is 54.4 Å². The van der Waals surface area contributed by atoms with Crippen molar-refractivity contribution in [2.75, 3.05) is 10.8 Å². The highest BCUT2D eigenvalue weighted by Crippen LogP contribution is 2.26. The molecule has 0 saturated heterocycles. The van der Waals surface area contributed by atoms with Crippen LogP contribution < -0.4 is 9.62 Å². The molecule has 46 heavy (non-hydrogen) atoms. The lowest BCUT2D eigenvalue weighted by atomic mass is 9.94. The number of hydrogen-bond donors (Lipinski definition) is 1. The summed E-state index contributed by atoms with van der Waals surface area (Å²) >= 11 is 0. The highest BCUT2D eigenvalue weighted by molar-refractivity contribution is 7.92. The zero-order valence-corrected chi connectivity index (χ0v) is 27.5. The second-order valence-electron chi connectivity index (χ2n) is 12.2. The van der Waals surface area contributed by atoms with Crippen LogP contribution in [-0.2, 0) is 32.6 Å². The fourth-order valence-corrected chi connectivity index (χ4v) is 7.37. The van der Waals surface area contributed by atoms with Gasteiger partial charge in [0, 0.05) is 19.0 Å². The largest absolute Gasteiger partial charge is 0.352 e. The van der Waals surface area contributed by atoms with Gasteiger partial charge >= 0.3 is 0 Å². The fraction of sp³-hybridized carbons (Fsp3) is 0.316. The average Bonchev–Trinajstić information content (AvgIpc) is 3.07. The van der Waals surface area contributed by atoms with Crippen LogP contribution in [0.3, 0.4) is 0 Å². The van der Waals surface area contributed by atoms with Gasteiger partial charge in [0.2, 0.25) is 11.8 Å². The molecule has 0 aromatic heterocycles. The molecule has 0 bridgehead atoms. The Bertz CT molecular complexity index is 1690. The van der Waals surface area contributed by atoms with Gasteiger partial charge < -0.3 is 10.2 Å². The van der Waals surface area contributed by atoms with Gasteiger partial charge in [-0.25, -0.2) is 8.42 Å². The molecule has 8 heteroatoms. The number of nitrogens with one attached hydrogen (secondary N) is 1. The molecule has 2 amide bonds. The molecular formula is C38H43N3O4S. The smallest absolute Gasteiger partial charge is 0.264 e. The number of hydrogen-bond acceptors (Lipinski definition) is 4. The first-order valence-electron chi connectivity index (χ1n) is 16.0. The van der Waals surface area contributed by atoms with Gasteiger partial charge in [-0.15, -0.1) is 0 Å². The first-order valence-corrected chi connectivity index (χ1v) is 17.5. The average molecular weight is 638 g/mol. The van der Waals surface area contributed by atoms with Crippen LogP contribution in [0.4, 0.5) is 5.69 Å². The Kier molecular flexibility index (Phi) is 10.9. The molecule has 4 aromatic rings. The molecular weight excluding hydrogens is 595 g/mol. The fourth-order valence-electron chi connectivity index (χ4n) is 5.96. The monoisotopic (exact) mass is 637 g/mol. The summed E-state index contributed by atoms with van der Waals surface area (Å²) in [6.45, 7) is 3.51. The Morgan fingerprint density at radius 1 is 0.739 bits per heavy atom. The molecule has 1 aliphatic carbocycles. The number of carbonyl (C=O) groups excluding carboxylic acids is 2. The second-order valence-corrected chi connectivity index (χ2v) is 14.1. The molecule has 0 spiro atoms. The number of amides is 2. The van der Waals surface area contributed by atoms with Gasteiger partial charge in [0.15, 0.2) is 0 Å². The third kappa shape index (κ3) is 8.43. The Balaban J connectivity index is 1.54. The number of sulfonamides is 1. The molecule has 240 valence electrons. The number of aryl methyl sites for hydroxylation is 2. The summed E-state index contributed by atoms with van der Waals surface area (Å²) in [5.74, 6) is -0.678. The van der Waals surface area contributed by atoms with E-state index in [2.05, 4.69) is 5.32 Å². The number of carbonyl (C=O) groups is 2. The number of anilines is 1. The third-order valence-corrected chi connectivity index (χ3v) is 10.4. The van der Waals surface area contributed by atoms with Crippen molar-refractivity contribution in [3.05, 3.63) is 131 Å². The van der Waals surface area contributed by atoms with E-state index in [1.807, 2.05) is 86.6 Å². The van der Waals surface area contributed by atoms with Gasteiger partial charge in [0.05, 0.1) is 10.6 Å². The summed E-state index contributed by atoms with van der Waals surface area (Å²) in [5.41, 5.74) is 4.04. The van der Waals surface area contributed by atoms with Crippen molar-refractivity contribution in [3.63, 3.8) is 0 Å². The zero-order valence-electron chi connectivity index (χ0n) is 26.6. The minimum Gasteiger partial charge on any atom is -0.352 e. The van der Waals surface area contributed by atoms with Gasteiger partial charge in [-0.1, -0.05) is 115 Å². The predicted octanol–water partition coefficient (Wildman–Crippen LogP) is 6.59. The molecule has 4 aromatic carbocycles. The van der Waals surface area contributed by atoms with Crippen LogP contribution >= 0.6 is 0 Å². The van der Waals surface area contributed by atoms with Gasteiger partial charge in [-0.2, -0.15) is 0 Å². The Morgan fingerprint density at radius 2 is 1.28 bits per heavy atom. The predicted molar refractivity (Wildman–Crippen MR) is 183 cm³/mol. The summed E-state index contributed by atoms with van der Waals surface area (Å²) in [6.07, 6.45) is 5.39. The van der Waals surface area contributed by atoms with Crippen molar-refractivity contribution in [2.24, 2.45) is 0 Å². The van der Waals surface area contributed by atoms with Gasteiger partial charge in [-0.05, 0) is 62.1 Å². The van der Waals surface area contributed by atoms with Gasteiger partial charge in [0.1, 0.15) is 12.6 Å². The van der Waals surface area contributed by atoms with Crippen molar-refractivity contribution in [1.29, 1.82) is 0 Å². The molecule has 7 nitrogen and oxygen atoms in total. The lowest BCUT2D eigenvalue weighted by Crippen LogP contribution is -2.55. The van der Waals surface area contributed by atoms with Gasteiger partial charge in [0.25, 0.3) is 10.0 Å². The lowest BCUT2D eigenvalue weighted by molar-refractivity contribution is -0.140. The summed E-state index contributed by atoms with van der Waals surface area (Å²) in [4.78, 5) is 30.4. The van der Waals surface area contributed by atoms with Crippen molar-refractivity contribution in [3.8, 4) is 0 Å². The Morgan fingerprint density at radius 3 is 1.87 bits per heavy atom. The van der Waals surface area contributed by atoms with Crippen LogP contribution in [0, 0.1) is 13.8 Å². The minimum atomic E-state index is -4.13. The summed E-state index contributed by atoms with van der Waals surface area (Å²) in [7, 11) is -4.13. The first kappa shape index (κ1) is 32.9. The summed E-state index contributed by atoms with van der Waals surface area (Å²) < 4.78 is 29.5. The first-order chi connectivity index (χ1) is 22.2. The second kappa shape index (κ2) is 15.2. The van der Waals surface area contributed by atoms with Crippen molar-refractivity contribution < 1.29 is 18.0 Å². The molecule has 1 N–H and O–H groups in total. The van der Waals surface area contributed by atoms with E-state index < -0.39 is 28.5 Å². The quantitative estimate of drug-likeness (QED) is 0.190. The highest BCUT2D eigenvalue weighted by atomic mass is 32.2. The zero-order chi connectivity index (χ0) is 32.5. The molecule has 5 rings (SSSR count). The molecule has 0 radical (unpaired) electrons. The van der Waals surface area contributed by atoms with E-state index in [1.165, 1.54) is 0 Å². The topological polar surface area (TPSA) is 86.8 Å². The maximum atomic E-state index is 14.6. The van der Waals surface area contributed by atoms with Crippen LogP contribution in [-0.4, -0.2) is 43.8 Å². The number of benzene rings is 4. The van der Waals surface area contributed by atoms with E-state index in [0.717, 1.165) is 58.7 Å². The standard InChI is InChI=1S/C38H43N3O4S/c1-29-18-22-34(23-19-29)41(46(44,45)35-24-20-30(2)21-25-35)28-37(42)40(27-32-14-8-4-9-15-32)36(26-31-12-6-3-7-13-31)38(43)39-33-16-10-5-11-17-33/h3-4,6-9,12-15,18-25,33,36H,5,10-11,16-17,26-28H2,1-2H3,(H,39,43)/t36-/m1/s1. The molecule has 1 fully saturated rings. The molecule has 0 unspecified atom stereocenters. The van der Waals surface area contributed by atoms with E-state index in [4.69, 9.17) is 0 Å². The minimum absolute atomic E-state index is 0.0548. The summed E-state index contributed by atoms with van der Waals surface area (Å²) in [6, 6.07) is 32.1. The summed E-state index contributed by atoms with van der Waals surface area (Å²) in [5, 5.41) is 3.25. The van der Waals surface area contributed by atoms with Crippen LogP contribution in [0.5, 0.6) is 0 Å². The molecule has 0 heterocycles. The van der Waals surface area contributed by atoms with Crippen molar-refractivity contribution in [2.45, 2.75) is 75.9 Å². The van der Waals surface area contributed by atoms with E-state index in [9.17, 15) is 18.0 Å². The van der Waals surface area contributed by atoms with E-state index in [1.54, 1.807) is 41.3 Å². The van der Waals surface area contributed by atoms with Crippen molar-refractivity contribution >= 4 is 27.5 Å². The van der Waals surface area contributed by atoms with E-state index in [0.29, 0.717) is 12.1 Å². The molecule has 1 saturated carbocycles. The van der Waals surface area contributed by atoms with Crippen LogP contribution in [0.25, 0.3) is 0 Å². The molecule has 1 aliphatic rings. The third-order valence-electron chi connectivity index (χ3n) is 8.63. The van der Waals surface area contributed by atoms with Crippen molar-refractivity contribution in [1.82, 2.24) is 10.2 Å². The maximum absolute atomic E-state index is 14.6. The maximum Gasteiger partial charge on any atom is 0.264 e. The number of nitrogens with zero attached hydrogens (tertiary/aromatic N) is 2. The molecule has 1 atom stereocenters. The van der Waals surface area contributed by atoms with Crippen LogP contribution in [0.2, 0.25) is 0 Å². The number of rotatable bonds is 12. The normalized spacial score (nSPS) is 14.3. The molecule has 0 aliphatic heterocycles. The Labute approximate surface area is 273 Å². The van der Waals surface area contributed by atoms with Crippen LogP contribution in [0.15, 0.2) is 114 Å². The Hall–Kier alpha value is -4.43. The van der Waals surface area contributed by atoms with Gasteiger partial charge in [-0.3, -0.25) is 13.9 Å². The SMILES string of the molecule is Cc1ccc(N(CC(=O)N(Cc2ccccc2)[C@H](Cc2ccccc2)C(=O)NC2CCCCC2)S(=O)(=O)c2ccc(C)cc2)cc1. The lowest BCUT2D eigenvalue weighted by Gasteiger charge is -2.35.